The van der Waals surface area contributed by atoms with Crippen LogP contribution in [-0.4, -0.2) is 20.6 Å². The van der Waals surface area contributed by atoms with Gasteiger partial charge in [-0.25, -0.2) is 4.79 Å². The van der Waals surface area contributed by atoms with E-state index in [1.807, 2.05) is 6.92 Å². The summed E-state index contributed by atoms with van der Waals surface area (Å²) in [6, 6.07) is 3.54. The van der Waals surface area contributed by atoms with Crippen LogP contribution in [-0.2, 0) is 14.0 Å². The molecule has 0 bridgehead atoms. The highest BCUT2D eigenvalue weighted by atomic mass is 28.4. The third-order valence-corrected chi connectivity index (χ3v) is 8.45. The predicted molar refractivity (Wildman–Crippen MR) is 91.7 cm³/mol. The Morgan fingerprint density at radius 1 is 1.05 bits per heavy atom. The second-order valence-electron chi connectivity index (χ2n) is 5.82. The van der Waals surface area contributed by atoms with E-state index < -0.39 is 20.6 Å². The lowest BCUT2D eigenvalue weighted by atomic mass is 10.4. The second-order valence-corrected chi connectivity index (χ2v) is 9.92. The van der Waals surface area contributed by atoms with Crippen LogP contribution in [0.3, 0.4) is 0 Å². The van der Waals surface area contributed by atoms with Gasteiger partial charge in [0, 0.05) is 6.08 Å². The van der Waals surface area contributed by atoms with Crippen molar-refractivity contribution in [3.63, 3.8) is 0 Å². The topological polar surface area (TPSA) is 35.5 Å². The molecule has 124 valence electrons. The summed E-state index contributed by atoms with van der Waals surface area (Å²) in [7, 11) is -1.81. The zero-order valence-corrected chi connectivity index (χ0v) is 15.5. The Morgan fingerprint density at radius 3 is 1.81 bits per heavy atom. The molecule has 0 rings (SSSR count). The molecule has 0 saturated carbocycles. The highest BCUT2D eigenvalue weighted by Gasteiger charge is 2.35. The molecule has 1 atom stereocenters. The van der Waals surface area contributed by atoms with Gasteiger partial charge in [-0.1, -0.05) is 65.9 Å². The summed E-state index contributed by atoms with van der Waals surface area (Å²) in [5, 5.41) is 0. The van der Waals surface area contributed by atoms with Crippen LogP contribution >= 0.6 is 0 Å². The number of carbonyl (C=O) groups is 1. The van der Waals surface area contributed by atoms with Gasteiger partial charge in [0.25, 0.3) is 0 Å². The monoisotopic (exact) mass is 314 g/mol. The van der Waals surface area contributed by atoms with Crippen molar-refractivity contribution in [2.75, 3.05) is 0 Å². The highest BCUT2D eigenvalue weighted by molar-refractivity contribution is 6.73. The summed E-state index contributed by atoms with van der Waals surface area (Å²) in [6.07, 6.45) is 7.96. The summed E-state index contributed by atoms with van der Waals surface area (Å²) in [6.45, 7) is 11.9. The van der Waals surface area contributed by atoms with Crippen molar-refractivity contribution in [3.05, 3.63) is 12.7 Å². The molecule has 0 aliphatic heterocycles. The number of hydrogen-bond donors (Lipinski definition) is 0. The van der Waals surface area contributed by atoms with Crippen LogP contribution in [0.1, 0.15) is 66.2 Å². The van der Waals surface area contributed by atoms with Crippen LogP contribution in [0.15, 0.2) is 12.7 Å². The lowest BCUT2D eigenvalue weighted by Crippen LogP contribution is -2.42. The number of esters is 1. The quantitative estimate of drug-likeness (QED) is 0.197. The van der Waals surface area contributed by atoms with Gasteiger partial charge in [-0.15, -0.1) is 0 Å². The van der Waals surface area contributed by atoms with Gasteiger partial charge in [-0.05, 0) is 25.1 Å². The fourth-order valence-electron chi connectivity index (χ4n) is 2.64. The molecule has 0 heterocycles. The van der Waals surface area contributed by atoms with Crippen LogP contribution < -0.4 is 0 Å². The Morgan fingerprint density at radius 2 is 1.48 bits per heavy atom. The Bertz CT molecular complexity index is 270. The fourth-order valence-corrected chi connectivity index (χ4v) is 7.49. The molecular weight excluding hydrogens is 280 g/mol. The predicted octanol–water partition coefficient (Wildman–Crippen LogP) is 5.42. The van der Waals surface area contributed by atoms with Crippen molar-refractivity contribution >= 4 is 14.3 Å². The minimum atomic E-state index is -1.81. The Kier molecular flexibility index (Phi) is 11.6. The van der Waals surface area contributed by atoms with Gasteiger partial charge in [0.15, 0.2) is 14.6 Å². The average Bonchev–Trinajstić information content (AvgIpc) is 2.48. The Hall–Kier alpha value is -0.613. The molecule has 3 nitrogen and oxygen atoms in total. The molecule has 0 spiro atoms. The van der Waals surface area contributed by atoms with Crippen LogP contribution in [0.25, 0.3) is 0 Å². The van der Waals surface area contributed by atoms with E-state index in [0.717, 1.165) is 0 Å². The largest absolute Gasteiger partial charge is 0.434 e. The van der Waals surface area contributed by atoms with Gasteiger partial charge < -0.3 is 9.16 Å². The first-order chi connectivity index (χ1) is 10.0. The van der Waals surface area contributed by atoms with Crippen molar-refractivity contribution in [3.8, 4) is 0 Å². The maximum Gasteiger partial charge on any atom is 0.332 e. The Labute approximate surface area is 132 Å². The van der Waals surface area contributed by atoms with Crippen molar-refractivity contribution < 1.29 is 14.0 Å². The summed E-state index contributed by atoms with van der Waals surface area (Å²) in [4.78, 5) is 11.3. The van der Waals surface area contributed by atoms with Gasteiger partial charge in [0.1, 0.15) is 0 Å². The lowest BCUT2D eigenvalue weighted by molar-refractivity contribution is -0.156. The molecule has 0 aromatic heterocycles. The van der Waals surface area contributed by atoms with Crippen LogP contribution in [0.4, 0.5) is 0 Å². The molecule has 0 amide bonds. The zero-order valence-electron chi connectivity index (χ0n) is 14.5. The number of hydrogen-bond acceptors (Lipinski definition) is 3. The number of rotatable bonds is 13. The van der Waals surface area contributed by atoms with Crippen molar-refractivity contribution in [1.29, 1.82) is 0 Å². The van der Waals surface area contributed by atoms with Crippen LogP contribution in [0.5, 0.6) is 0 Å². The maximum atomic E-state index is 11.3. The number of carbonyl (C=O) groups excluding carboxylic acids is 1. The molecule has 0 aromatic rings. The van der Waals surface area contributed by atoms with E-state index in [2.05, 4.69) is 27.4 Å². The first kappa shape index (κ1) is 20.4. The minimum Gasteiger partial charge on any atom is -0.434 e. The van der Waals surface area contributed by atoms with Crippen molar-refractivity contribution in [1.82, 2.24) is 0 Å². The van der Waals surface area contributed by atoms with Crippen LogP contribution in [0.2, 0.25) is 18.1 Å². The van der Waals surface area contributed by atoms with E-state index in [9.17, 15) is 4.79 Å². The maximum absolute atomic E-state index is 11.3. The smallest absolute Gasteiger partial charge is 0.332 e. The molecule has 0 radical (unpaired) electrons. The molecule has 0 aromatic carbocycles. The second kappa shape index (κ2) is 12.0. The molecule has 0 N–H and O–H groups in total. The van der Waals surface area contributed by atoms with E-state index in [-0.39, 0.29) is 0 Å². The first-order valence-corrected chi connectivity index (χ1v) is 11.1. The summed E-state index contributed by atoms with van der Waals surface area (Å²) < 4.78 is 11.6. The van der Waals surface area contributed by atoms with Gasteiger partial charge >= 0.3 is 5.97 Å². The van der Waals surface area contributed by atoms with E-state index in [0.29, 0.717) is 0 Å². The van der Waals surface area contributed by atoms with E-state index in [4.69, 9.17) is 9.16 Å². The normalized spacial score (nSPS) is 13.0. The van der Waals surface area contributed by atoms with E-state index in [1.54, 1.807) is 0 Å². The minimum absolute atomic E-state index is 0.396. The first-order valence-electron chi connectivity index (χ1n) is 8.54. The number of ether oxygens (including phenoxy) is 1. The molecule has 0 saturated heterocycles. The molecule has 21 heavy (non-hydrogen) atoms. The molecule has 4 heteroatoms. The average molecular weight is 315 g/mol. The third-order valence-electron chi connectivity index (χ3n) is 3.82. The highest BCUT2D eigenvalue weighted by Crippen LogP contribution is 2.31. The van der Waals surface area contributed by atoms with Crippen LogP contribution in [0, 0.1) is 0 Å². The molecule has 0 aliphatic rings. The summed E-state index contributed by atoms with van der Waals surface area (Å²) in [5.74, 6) is -0.396. The van der Waals surface area contributed by atoms with Crippen molar-refractivity contribution in [2.24, 2.45) is 0 Å². The fraction of sp³-hybridized carbons (Fsp3) is 0.824. The SMILES string of the molecule is C=CC(=O)OC(C)O[Si](CCCC)(CCCC)CCCC. The molecule has 1 unspecified atom stereocenters. The van der Waals surface area contributed by atoms with E-state index >= 15 is 0 Å². The van der Waals surface area contributed by atoms with E-state index in [1.165, 1.54) is 62.7 Å². The van der Waals surface area contributed by atoms with Gasteiger partial charge in [0.05, 0.1) is 0 Å². The molecule has 0 aliphatic carbocycles. The molecule has 0 fully saturated rings. The zero-order chi connectivity index (χ0) is 16.1. The van der Waals surface area contributed by atoms with Gasteiger partial charge in [-0.3, -0.25) is 0 Å². The third kappa shape index (κ3) is 9.09. The molecular formula is C17H34O3Si. The summed E-state index contributed by atoms with van der Waals surface area (Å²) in [5.41, 5.74) is 0. The van der Waals surface area contributed by atoms with Gasteiger partial charge in [0.2, 0.25) is 0 Å². The lowest BCUT2D eigenvalue weighted by Gasteiger charge is -2.34. The number of unbranched alkanes of at least 4 members (excludes halogenated alkanes) is 3. The summed E-state index contributed by atoms with van der Waals surface area (Å²) >= 11 is 0. The van der Waals surface area contributed by atoms with Gasteiger partial charge in [-0.2, -0.15) is 0 Å². The Balaban J connectivity index is 4.83. The standard InChI is InChI=1S/C17H34O3Si/c1-6-10-13-21(14-11-7-2,15-12-8-3)20-16(5)19-17(18)9-4/h9,16H,4,6-8,10-15H2,1-3,5H3. The van der Waals surface area contributed by atoms with Crippen molar-refractivity contribution in [2.45, 2.75) is 90.6 Å².